The van der Waals surface area contributed by atoms with E-state index in [0.717, 1.165) is 16.3 Å². The zero-order valence-electron chi connectivity index (χ0n) is 11.0. The number of benzene rings is 1. The van der Waals surface area contributed by atoms with Crippen LogP contribution in [-0.2, 0) is 0 Å². The number of phenols is 1. The molecule has 0 radical (unpaired) electrons. The maximum atomic E-state index is 10.1. The van der Waals surface area contributed by atoms with E-state index in [-0.39, 0.29) is 5.75 Å². The fourth-order valence-corrected chi connectivity index (χ4v) is 2.70. The first-order chi connectivity index (χ1) is 9.69. The van der Waals surface area contributed by atoms with Crippen LogP contribution in [0.5, 0.6) is 11.5 Å². The highest BCUT2D eigenvalue weighted by Gasteiger charge is 2.18. The molecule has 3 aromatic rings. The van der Waals surface area contributed by atoms with Gasteiger partial charge in [0.05, 0.1) is 12.7 Å². The van der Waals surface area contributed by atoms with Gasteiger partial charge in [-0.15, -0.1) is 11.3 Å². The molecule has 0 atom stereocenters. The van der Waals surface area contributed by atoms with Gasteiger partial charge >= 0.3 is 0 Å². The number of aromatic nitrogens is 2. The molecule has 0 aliphatic rings. The highest BCUT2D eigenvalue weighted by molar-refractivity contribution is 7.13. The number of aromatic hydroxyl groups is 1. The molecule has 2 heterocycles. The molecule has 1 aromatic carbocycles. The Hall–Kier alpha value is -2.34. The molecule has 0 unspecified atom stereocenters. The van der Waals surface area contributed by atoms with Crippen LogP contribution in [-0.4, -0.2) is 22.4 Å². The minimum absolute atomic E-state index is 0.0905. The highest BCUT2D eigenvalue weighted by atomic mass is 32.1. The van der Waals surface area contributed by atoms with Gasteiger partial charge in [0.2, 0.25) is 0 Å². The van der Waals surface area contributed by atoms with Crippen LogP contribution in [0.15, 0.2) is 34.4 Å². The van der Waals surface area contributed by atoms with Gasteiger partial charge in [-0.05, 0) is 19.1 Å². The van der Waals surface area contributed by atoms with Crippen LogP contribution in [0.25, 0.3) is 21.8 Å². The van der Waals surface area contributed by atoms with E-state index in [1.165, 1.54) is 17.6 Å². The maximum absolute atomic E-state index is 10.1. The van der Waals surface area contributed by atoms with Crippen LogP contribution in [0.2, 0.25) is 0 Å². The number of hydrogen-bond acceptors (Lipinski definition) is 6. The molecule has 1 N–H and O–H groups in total. The molecular formula is C14H12N2O3S. The van der Waals surface area contributed by atoms with Crippen molar-refractivity contribution >= 4 is 11.3 Å². The SMILES string of the molecule is COc1ccc(-c2nocc2-c2nc(C)cs2)c(O)c1. The number of methoxy groups -OCH3 is 1. The highest BCUT2D eigenvalue weighted by Crippen LogP contribution is 2.38. The Morgan fingerprint density at radius 3 is 2.80 bits per heavy atom. The predicted molar refractivity (Wildman–Crippen MR) is 76.0 cm³/mol. The zero-order valence-corrected chi connectivity index (χ0v) is 11.8. The van der Waals surface area contributed by atoms with Crippen LogP contribution >= 0.6 is 11.3 Å². The van der Waals surface area contributed by atoms with E-state index in [1.807, 2.05) is 12.3 Å². The number of rotatable bonds is 3. The lowest BCUT2D eigenvalue weighted by Gasteiger charge is -2.05. The molecule has 0 aliphatic carbocycles. The van der Waals surface area contributed by atoms with E-state index < -0.39 is 0 Å². The van der Waals surface area contributed by atoms with Crippen molar-refractivity contribution in [2.24, 2.45) is 0 Å². The zero-order chi connectivity index (χ0) is 14.1. The Kier molecular flexibility index (Phi) is 3.15. The minimum atomic E-state index is 0.0905. The van der Waals surface area contributed by atoms with Gasteiger partial charge in [-0.1, -0.05) is 5.16 Å². The second-order valence-corrected chi connectivity index (χ2v) is 5.11. The standard InChI is InChI=1S/C14H12N2O3S/c1-8-7-20-14(15-8)11-6-19-16-13(11)10-4-3-9(18-2)5-12(10)17/h3-7,17H,1-2H3. The van der Waals surface area contributed by atoms with Crippen LogP contribution in [0, 0.1) is 6.92 Å². The van der Waals surface area contributed by atoms with Gasteiger partial charge in [0.25, 0.3) is 0 Å². The van der Waals surface area contributed by atoms with Crippen molar-refractivity contribution in [2.45, 2.75) is 6.92 Å². The van der Waals surface area contributed by atoms with Gasteiger partial charge in [0, 0.05) is 22.7 Å². The van der Waals surface area contributed by atoms with Crippen molar-refractivity contribution in [3.05, 3.63) is 35.5 Å². The van der Waals surface area contributed by atoms with Crippen molar-refractivity contribution in [2.75, 3.05) is 7.11 Å². The maximum Gasteiger partial charge on any atom is 0.134 e. The van der Waals surface area contributed by atoms with Gasteiger partial charge in [-0.25, -0.2) is 4.98 Å². The van der Waals surface area contributed by atoms with E-state index in [0.29, 0.717) is 17.0 Å². The molecule has 2 aromatic heterocycles. The predicted octanol–water partition coefficient (Wildman–Crippen LogP) is 3.49. The molecule has 5 nitrogen and oxygen atoms in total. The second-order valence-electron chi connectivity index (χ2n) is 4.25. The van der Waals surface area contributed by atoms with E-state index in [2.05, 4.69) is 10.1 Å². The summed E-state index contributed by atoms with van der Waals surface area (Å²) in [4.78, 5) is 4.41. The molecule has 20 heavy (non-hydrogen) atoms. The lowest BCUT2D eigenvalue weighted by Crippen LogP contribution is -1.86. The molecular weight excluding hydrogens is 276 g/mol. The average Bonchev–Trinajstić information content (AvgIpc) is 3.07. The first-order valence-electron chi connectivity index (χ1n) is 5.93. The molecule has 0 fully saturated rings. The molecule has 0 saturated heterocycles. The Bertz CT molecular complexity index is 748. The second kappa shape index (κ2) is 4.97. The topological polar surface area (TPSA) is 68.4 Å². The van der Waals surface area contributed by atoms with Crippen molar-refractivity contribution < 1.29 is 14.4 Å². The normalized spacial score (nSPS) is 10.7. The molecule has 3 rings (SSSR count). The minimum Gasteiger partial charge on any atom is -0.507 e. The van der Waals surface area contributed by atoms with E-state index in [9.17, 15) is 5.11 Å². The Labute approximate surface area is 119 Å². The first-order valence-corrected chi connectivity index (χ1v) is 6.81. The summed E-state index contributed by atoms with van der Waals surface area (Å²) in [5.41, 5.74) is 2.86. The largest absolute Gasteiger partial charge is 0.507 e. The van der Waals surface area contributed by atoms with Crippen molar-refractivity contribution in [1.82, 2.24) is 10.1 Å². The molecule has 0 amide bonds. The summed E-state index contributed by atoms with van der Waals surface area (Å²) in [5, 5.41) is 16.8. The van der Waals surface area contributed by atoms with E-state index in [1.54, 1.807) is 25.3 Å². The summed E-state index contributed by atoms with van der Waals surface area (Å²) in [6.45, 7) is 1.93. The molecule has 6 heteroatoms. The summed E-state index contributed by atoms with van der Waals surface area (Å²) in [6, 6.07) is 5.05. The summed E-state index contributed by atoms with van der Waals surface area (Å²) < 4.78 is 10.1. The molecule has 0 spiro atoms. The molecule has 0 bridgehead atoms. The third-order valence-electron chi connectivity index (χ3n) is 2.88. The fraction of sp³-hybridized carbons (Fsp3) is 0.143. The number of hydrogen-bond donors (Lipinski definition) is 1. The average molecular weight is 288 g/mol. The first kappa shape index (κ1) is 12.7. The van der Waals surface area contributed by atoms with Gasteiger partial charge in [0.1, 0.15) is 28.5 Å². The van der Waals surface area contributed by atoms with Gasteiger partial charge < -0.3 is 14.4 Å². The van der Waals surface area contributed by atoms with Gasteiger partial charge in [-0.3, -0.25) is 0 Å². The number of aryl methyl sites for hydroxylation is 1. The van der Waals surface area contributed by atoms with E-state index >= 15 is 0 Å². The fourth-order valence-electron chi connectivity index (χ4n) is 1.90. The van der Waals surface area contributed by atoms with Crippen LogP contribution < -0.4 is 4.74 Å². The number of nitrogens with zero attached hydrogens (tertiary/aromatic N) is 2. The van der Waals surface area contributed by atoms with E-state index in [4.69, 9.17) is 9.26 Å². The van der Waals surface area contributed by atoms with Crippen LogP contribution in [0.1, 0.15) is 5.69 Å². The quantitative estimate of drug-likeness (QED) is 0.799. The monoisotopic (exact) mass is 288 g/mol. The van der Waals surface area contributed by atoms with Crippen molar-refractivity contribution in [3.63, 3.8) is 0 Å². The summed E-state index contributed by atoms with van der Waals surface area (Å²) in [6.07, 6.45) is 1.54. The third-order valence-corrected chi connectivity index (χ3v) is 3.87. The summed E-state index contributed by atoms with van der Waals surface area (Å²) in [5.74, 6) is 0.675. The Balaban J connectivity index is 2.10. The van der Waals surface area contributed by atoms with Crippen molar-refractivity contribution in [3.8, 4) is 33.3 Å². The van der Waals surface area contributed by atoms with Crippen LogP contribution in [0.4, 0.5) is 0 Å². The summed E-state index contributed by atoms with van der Waals surface area (Å²) >= 11 is 1.51. The number of thiazole rings is 1. The lowest BCUT2D eigenvalue weighted by atomic mass is 10.1. The number of ether oxygens (including phenoxy) is 1. The number of phenolic OH excluding ortho intramolecular Hbond substituents is 1. The Morgan fingerprint density at radius 2 is 2.15 bits per heavy atom. The van der Waals surface area contributed by atoms with Crippen LogP contribution in [0.3, 0.4) is 0 Å². The molecule has 0 saturated carbocycles. The van der Waals surface area contributed by atoms with Gasteiger partial charge in [0.15, 0.2) is 0 Å². The molecule has 102 valence electrons. The smallest absolute Gasteiger partial charge is 0.134 e. The third kappa shape index (κ3) is 2.14. The molecule has 0 aliphatic heterocycles. The Morgan fingerprint density at radius 1 is 1.30 bits per heavy atom. The van der Waals surface area contributed by atoms with Crippen molar-refractivity contribution in [1.29, 1.82) is 0 Å². The van der Waals surface area contributed by atoms with Gasteiger partial charge in [-0.2, -0.15) is 0 Å². The summed E-state index contributed by atoms with van der Waals surface area (Å²) in [7, 11) is 1.55. The lowest BCUT2D eigenvalue weighted by molar-refractivity contribution is 0.407.